The summed E-state index contributed by atoms with van der Waals surface area (Å²) in [6.07, 6.45) is 0.897. The van der Waals surface area contributed by atoms with Crippen LogP contribution in [0.2, 0.25) is 0 Å². The number of fused-ring (bicyclic) bond motifs is 1. The third-order valence-corrected chi connectivity index (χ3v) is 2.77. The van der Waals surface area contributed by atoms with E-state index in [-0.39, 0.29) is 6.04 Å². The third-order valence-electron chi connectivity index (χ3n) is 2.77. The Bertz CT molecular complexity index is 529. The van der Waals surface area contributed by atoms with Gasteiger partial charge in [-0.05, 0) is 26.2 Å². The number of aryl methyl sites for hydroxylation is 2. The lowest BCUT2D eigenvalue weighted by Crippen LogP contribution is -2.17. The van der Waals surface area contributed by atoms with Gasteiger partial charge in [-0.2, -0.15) is 0 Å². The highest BCUT2D eigenvalue weighted by molar-refractivity contribution is 5.40. The van der Waals surface area contributed by atoms with Gasteiger partial charge in [0.15, 0.2) is 11.5 Å². The first-order valence-electron chi connectivity index (χ1n) is 5.94. The van der Waals surface area contributed by atoms with Crippen LogP contribution in [0.25, 0.3) is 5.65 Å². The number of rotatable bonds is 3. The number of nitrogens with two attached hydrogens (primary N) is 1. The average Bonchev–Trinajstić information content (AvgIpc) is 2.59. The molecule has 2 rings (SSSR count). The fraction of sp³-hybridized carbons (Fsp3) is 0.583. The molecule has 17 heavy (non-hydrogen) atoms. The largest absolute Gasteiger partial charge is 0.321 e. The van der Waals surface area contributed by atoms with Crippen molar-refractivity contribution in [2.24, 2.45) is 11.7 Å². The fourth-order valence-corrected chi connectivity index (χ4v) is 2.11. The van der Waals surface area contributed by atoms with Gasteiger partial charge in [-0.3, -0.25) is 4.40 Å². The second kappa shape index (κ2) is 4.41. The van der Waals surface area contributed by atoms with Crippen LogP contribution >= 0.6 is 0 Å². The fourth-order valence-electron chi connectivity index (χ4n) is 2.11. The van der Waals surface area contributed by atoms with Crippen LogP contribution in [0.5, 0.6) is 0 Å². The summed E-state index contributed by atoms with van der Waals surface area (Å²) in [5, 5.41) is 8.36. The normalized spacial score (nSPS) is 13.5. The van der Waals surface area contributed by atoms with Crippen molar-refractivity contribution in [1.29, 1.82) is 0 Å². The van der Waals surface area contributed by atoms with Crippen LogP contribution in [0.4, 0.5) is 0 Å². The van der Waals surface area contributed by atoms with E-state index in [0.29, 0.717) is 5.92 Å². The van der Waals surface area contributed by atoms with E-state index in [1.54, 1.807) is 0 Å². The van der Waals surface area contributed by atoms with Gasteiger partial charge in [0.1, 0.15) is 5.82 Å². The van der Waals surface area contributed by atoms with Crippen LogP contribution in [0.1, 0.15) is 43.7 Å². The molecule has 0 fully saturated rings. The molecule has 2 N–H and O–H groups in total. The molecule has 1 atom stereocenters. The van der Waals surface area contributed by atoms with E-state index in [4.69, 9.17) is 5.73 Å². The molecule has 92 valence electrons. The Hall–Kier alpha value is -1.49. The maximum absolute atomic E-state index is 6.16. The SMILES string of the molecule is Cc1cc2nnc(C(N)CC(C)C)n2c(C)n1. The molecule has 2 heterocycles. The first kappa shape index (κ1) is 12.0. The molecular formula is C12H19N5. The van der Waals surface area contributed by atoms with Gasteiger partial charge >= 0.3 is 0 Å². The van der Waals surface area contributed by atoms with Crippen LogP contribution in [0, 0.1) is 19.8 Å². The summed E-state index contributed by atoms with van der Waals surface area (Å²) in [6.45, 7) is 8.21. The summed E-state index contributed by atoms with van der Waals surface area (Å²) in [7, 11) is 0. The van der Waals surface area contributed by atoms with Crippen LogP contribution in [-0.2, 0) is 0 Å². The number of nitrogens with zero attached hydrogens (tertiary/aromatic N) is 4. The van der Waals surface area contributed by atoms with Gasteiger partial charge in [0.2, 0.25) is 0 Å². The third kappa shape index (κ3) is 2.29. The summed E-state index contributed by atoms with van der Waals surface area (Å²) >= 11 is 0. The first-order chi connectivity index (χ1) is 7.99. The lowest BCUT2D eigenvalue weighted by molar-refractivity contribution is 0.489. The molecule has 0 saturated heterocycles. The Kier molecular flexibility index (Phi) is 3.11. The highest BCUT2D eigenvalue weighted by atomic mass is 15.3. The quantitative estimate of drug-likeness (QED) is 0.877. The van der Waals surface area contributed by atoms with Crippen molar-refractivity contribution in [3.05, 3.63) is 23.4 Å². The van der Waals surface area contributed by atoms with Crippen molar-refractivity contribution in [2.75, 3.05) is 0 Å². The highest BCUT2D eigenvalue weighted by Gasteiger charge is 2.17. The molecule has 0 aliphatic heterocycles. The Labute approximate surface area is 101 Å². The van der Waals surface area contributed by atoms with Gasteiger partial charge in [0, 0.05) is 11.8 Å². The minimum Gasteiger partial charge on any atom is -0.321 e. The van der Waals surface area contributed by atoms with Crippen molar-refractivity contribution >= 4 is 5.65 Å². The summed E-state index contributed by atoms with van der Waals surface area (Å²) < 4.78 is 1.94. The Morgan fingerprint density at radius 2 is 2.00 bits per heavy atom. The van der Waals surface area contributed by atoms with E-state index in [1.165, 1.54) is 0 Å². The zero-order valence-corrected chi connectivity index (χ0v) is 10.8. The van der Waals surface area contributed by atoms with Crippen molar-refractivity contribution in [3.8, 4) is 0 Å². The van der Waals surface area contributed by atoms with E-state index >= 15 is 0 Å². The van der Waals surface area contributed by atoms with Crippen molar-refractivity contribution in [2.45, 2.75) is 40.2 Å². The topological polar surface area (TPSA) is 69.1 Å². The predicted molar refractivity (Wildman–Crippen MR) is 66.6 cm³/mol. The molecule has 0 saturated carbocycles. The minimum atomic E-state index is -0.0896. The van der Waals surface area contributed by atoms with Crippen LogP contribution in [0.15, 0.2) is 6.07 Å². The van der Waals surface area contributed by atoms with Gasteiger partial charge in [-0.1, -0.05) is 13.8 Å². The monoisotopic (exact) mass is 233 g/mol. The molecule has 0 radical (unpaired) electrons. The second-order valence-corrected chi connectivity index (χ2v) is 4.93. The van der Waals surface area contributed by atoms with Gasteiger partial charge in [0.25, 0.3) is 0 Å². The lowest BCUT2D eigenvalue weighted by Gasteiger charge is -2.13. The summed E-state index contributed by atoms with van der Waals surface area (Å²) in [5.74, 6) is 2.23. The minimum absolute atomic E-state index is 0.0896. The smallest absolute Gasteiger partial charge is 0.164 e. The van der Waals surface area contributed by atoms with Gasteiger partial charge in [-0.25, -0.2) is 4.98 Å². The number of aromatic nitrogens is 4. The molecule has 0 aliphatic carbocycles. The van der Waals surface area contributed by atoms with E-state index in [0.717, 1.165) is 29.4 Å². The molecule has 5 nitrogen and oxygen atoms in total. The molecule has 0 aromatic carbocycles. The maximum atomic E-state index is 6.16. The molecule has 0 amide bonds. The molecule has 1 unspecified atom stereocenters. The number of hydrogen-bond acceptors (Lipinski definition) is 4. The van der Waals surface area contributed by atoms with Crippen LogP contribution in [-0.4, -0.2) is 19.6 Å². The average molecular weight is 233 g/mol. The first-order valence-corrected chi connectivity index (χ1v) is 5.94. The molecular weight excluding hydrogens is 214 g/mol. The summed E-state index contributed by atoms with van der Waals surface area (Å²) in [6, 6.07) is 1.83. The van der Waals surface area contributed by atoms with Gasteiger partial charge in [-0.15, -0.1) is 10.2 Å². The molecule has 0 bridgehead atoms. The molecule has 0 spiro atoms. The Morgan fingerprint density at radius 3 is 2.65 bits per heavy atom. The van der Waals surface area contributed by atoms with Gasteiger partial charge in [0.05, 0.1) is 6.04 Å². The van der Waals surface area contributed by atoms with E-state index in [9.17, 15) is 0 Å². The second-order valence-electron chi connectivity index (χ2n) is 4.93. The lowest BCUT2D eigenvalue weighted by atomic mass is 10.0. The Balaban J connectivity index is 2.49. The molecule has 5 heteroatoms. The maximum Gasteiger partial charge on any atom is 0.164 e. The van der Waals surface area contributed by atoms with Crippen molar-refractivity contribution in [1.82, 2.24) is 19.6 Å². The summed E-state index contributed by atoms with van der Waals surface area (Å²) in [4.78, 5) is 4.42. The number of hydrogen-bond donors (Lipinski definition) is 1. The molecule has 2 aromatic rings. The molecule has 2 aromatic heterocycles. The van der Waals surface area contributed by atoms with Crippen molar-refractivity contribution in [3.63, 3.8) is 0 Å². The van der Waals surface area contributed by atoms with E-state index in [2.05, 4.69) is 29.0 Å². The Morgan fingerprint density at radius 1 is 1.29 bits per heavy atom. The van der Waals surface area contributed by atoms with E-state index in [1.807, 2.05) is 24.3 Å². The zero-order valence-electron chi connectivity index (χ0n) is 10.8. The van der Waals surface area contributed by atoms with Crippen molar-refractivity contribution < 1.29 is 0 Å². The summed E-state index contributed by atoms with van der Waals surface area (Å²) in [5.41, 5.74) is 7.94. The molecule has 0 aliphatic rings. The van der Waals surface area contributed by atoms with Crippen LogP contribution in [0.3, 0.4) is 0 Å². The van der Waals surface area contributed by atoms with Gasteiger partial charge < -0.3 is 5.73 Å². The highest BCUT2D eigenvalue weighted by Crippen LogP contribution is 2.19. The standard InChI is InChI=1S/C12H19N5/c1-7(2)5-10(13)12-16-15-11-6-8(3)14-9(4)17(11)12/h6-7,10H,5,13H2,1-4H3. The zero-order chi connectivity index (χ0) is 12.6. The predicted octanol–water partition coefficient (Wildman–Crippen LogP) is 1.79. The van der Waals surface area contributed by atoms with E-state index < -0.39 is 0 Å². The van der Waals surface area contributed by atoms with Crippen LogP contribution < -0.4 is 5.73 Å².